The zero-order chi connectivity index (χ0) is 23.8. The van der Waals surface area contributed by atoms with E-state index in [0.717, 1.165) is 74.0 Å². The molecule has 1 saturated heterocycles. The van der Waals surface area contributed by atoms with Crippen molar-refractivity contribution in [2.45, 2.75) is 90.6 Å². The van der Waals surface area contributed by atoms with Crippen molar-refractivity contribution in [1.82, 2.24) is 0 Å². The molecule has 33 heavy (non-hydrogen) atoms. The van der Waals surface area contributed by atoms with Crippen molar-refractivity contribution in [3.63, 3.8) is 0 Å². The summed E-state index contributed by atoms with van der Waals surface area (Å²) in [6.07, 6.45) is 12.7. The van der Waals surface area contributed by atoms with Crippen LogP contribution in [0.1, 0.15) is 89.2 Å². The highest BCUT2D eigenvalue weighted by atomic mass is 32.2. The molecule has 0 aromatic heterocycles. The topological polar surface area (TPSA) is 42.0 Å². The molecule has 0 saturated carbocycles. The van der Waals surface area contributed by atoms with Crippen LogP contribution in [0.25, 0.3) is 0 Å². The molecule has 3 atom stereocenters. The van der Waals surface area contributed by atoms with Gasteiger partial charge in [-0.1, -0.05) is 55.3 Å². The van der Waals surface area contributed by atoms with Gasteiger partial charge in [-0.25, -0.2) is 0 Å². The zero-order valence-electron chi connectivity index (χ0n) is 20.5. The molecule has 3 nitrogen and oxygen atoms in total. The molecule has 1 heterocycles. The Labute approximate surface area is 210 Å². The maximum absolute atomic E-state index is 11.2. The quantitative estimate of drug-likeness (QED) is 0.139. The molecule has 1 aliphatic heterocycles. The molecule has 0 bridgehead atoms. The molecule has 1 N–H and O–H groups in total. The highest BCUT2D eigenvalue weighted by molar-refractivity contribution is 8.22. The molecule has 0 amide bonds. The first-order valence-corrected chi connectivity index (χ1v) is 13.9. The maximum Gasteiger partial charge on any atom is 0.225 e. The van der Waals surface area contributed by atoms with Crippen molar-refractivity contribution in [2.75, 3.05) is 12.4 Å². The number of hydrogen-bond donors (Lipinski definition) is 1. The number of aromatic hydroxyl groups is 1. The molecule has 1 fully saturated rings. The van der Waals surface area contributed by atoms with E-state index in [1.807, 2.05) is 6.07 Å². The number of phenolic OH excluding ortho intramolecular Hbond substituents is 1. The van der Waals surface area contributed by atoms with Crippen LogP contribution in [0.5, 0.6) is 11.5 Å². The van der Waals surface area contributed by atoms with Gasteiger partial charge in [-0.05, 0) is 94.6 Å². The highest BCUT2D eigenvalue weighted by Gasteiger charge is 2.31. The normalized spacial score (nSPS) is 22.0. The van der Waals surface area contributed by atoms with E-state index in [2.05, 4.69) is 39.5 Å². The van der Waals surface area contributed by atoms with Gasteiger partial charge in [0.2, 0.25) is 4.38 Å². The third-order valence-electron chi connectivity index (χ3n) is 6.70. The number of thiocarbonyl (C=S) groups is 1. The summed E-state index contributed by atoms with van der Waals surface area (Å²) in [5.41, 5.74) is 4.47. The fourth-order valence-electron chi connectivity index (χ4n) is 4.70. The molecule has 1 unspecified atom stereocenters. The smallest absolute Gasteiger partial charge is 0.225 e. The lowest BCUT2D eigenvalue weighted by molar-refractivity contribution is 0.391. The van der Waals surface area contributed by atoms with Crippen molar-refractivity contribution >= 4 is 28.4 Å². The van der Waals surface area contributed by atoms with Crippen LogP contribution in [0.15, 0.2) is 35.9 Å². The molecule has 2 aliphatic rings. The Bertz CT molecular complexity index is 857. The van der Waals surface area contributed by atoms with Crippen molar-refractivity contribution in [2.24, 2.45) is 5.92 Å². The summed E-state index contributed by atoms with van der Waals surface area (Å²) in [7, 11) is 0. The van der Waals surface area contributed by atoms with E-state index in [1.54, 1.807) is 11.8 Å². The molecule has 1 aliphatic carbocycles. The van der Waals surface area contributed by atoms with Gasteiger partial charge in [-0.3, -0.25) is 0 Å². The molecule has 182 valence electrons. The molecule has 0 spiro atoms. The Morgan fingerprint density at radius 2 is 2.06 bits per heavy atom. The summed E-state index contributed by atoms with van der Waals surface area (Å²) in [5.74, 6) is 2.33. The van der Waals surface area contributed by atoms with E-state index in [9.17, 15) is 5.11 Å². The Morgan fingerprint density at radius 1 is 1.27 bits per heavy atom. The van der Waals surface area contributed by atoms with Crippen molar-refractivity contribution in [3.05, 3.63) is 47.1 Å². The predicted molar refractivity (Wildman–Crippen MR) is 145 cm³/mol. The summed E-state index contributed by atoms with van der Waals surface area (Å²) < 4.78 is 12.1. The second-order valence-electron chi connectivity index (χ2n) is 9.67. The second-order valence-corrected chi connectivity index (χ2v) is 11.4. The van der Waals surface area contributed by atoms with E-state index < -0.39 is 0 Å². The van der Waals surface area contributed by atoms with Gasteiger partial charge in [-0.2, -0.15) is 0 Å². The lowest BCUT2D eigenvalue weighted by Crippen LogP contribution is -2.18. The fraction of sp³-hybridized carbons (Fsp3) is 0.607. The lowest BCUT2D eigenvalue weighted by atomic mass is 9.73. The summed E-state index contributed by atoms with van der Waals surface area (Å²) >= 11 is 7.20. The Hall–Kier alpha value is -1.30. The van der Waals surface area contributed by atoms with Gasteiger partial charge in [0.1, 0.15) is 11.5 Å². The average molecular weight is 489 g/mol. The Kier molecular flexibility index (Phi) is 10.3. The van der Waals surface area contributed by atoms with Gasteiger partial charge >= 0.3 is 0 Å². The van der Waals surface area contributed by atoms with Gasteiger partial charge in [0.05, 0.1) is 12.7 Å². The van der Waals surface area contributed by atoms with Crippen LogP contribution in [-0.4, -0.2) is 28.0 Å². The molecular weight excluding hydrogens is 448 g/mol. The van der Waals surface area contributed by atoms with Gasteiger partial charge in [0, 0.05) is 17.2 Å². The molecule has 3 rings (SSSR count). The van der Waals surface area contributed by atoms with E-state index in [-0.39, 0.29) is 5.92 Å². The minimum absolute atomic E-state index is 0.0577. The number of epoxide rings is 1. The van der Waals surface area contributed by atoms with Crippen LogP contribution in [-0.2, 0) is 11.2 Å². The van der Waals surface area contributed by atoms with Crippen LogP contribution >= 0.6 is 24.0 Å². The monoisotopic (exact) mass is 488 g/mol. The summed E-state index contributed by atoms with van der Waals surface area (Å²) in [6, 6.07) is 4.04. The van der Waals surface area contributed by atoms with E-state index in [0.29, 0.717) is 27.9 Å². The number of phenols is 1. The largest absolute Gasteiger partial charge is 0.507 e. The van der Waals surface area contributed by atoms with Gasteiger partial charge in [0.15, 0.2) is 0 Å². The minimum Gasteiger partial charge on any atom is -0.507 e. The van der Waals surface area contributed by atoms with Crippen LogP contribution < -0.4 is 4.74 Å². The number of benzene rings is 1. The average Bonchev–Trinajstić information content (AvgIpc) is 3.57. The van der Waals surface area contributed by atoms with Crippen molar-refractivity contribution in [3.8, 4) is 11.5 Å². The predicted octanol–water partition coefficient (Wildman–Crippen LogP) is 8.11. The van der Waals surface area contributed by atoms with Crippen molar-refractivity contribution < 1.29 is 14.6 Å². The number of aryl methyl sites for hydroxylation is 1. The fourth-order valence-corrected chi connectivity index (χ4v) is 5.70. The molecule has 0 radical (unpaired) electrons. The highest BCUT2D eigenvalue weighted by Crippen LogP contribution is 2.47. The molecular formula is C28H40O3S2. The SMILES string of the molecule is C=C(C)[C@@H]1CCC(C)=C[C@H]1c1c(O)cc(CCCCC)cc1OC(=S)SCCCCC1CO1. The third-order valence-corrected chi connectivity index (χ3v) is 7.95. The molecule has 1 aromatic carbocycles. The van der Waals surface area contributed by atoms with Gasteiger partial charge in [0.25, 0.3) is 0 Å². The van der Waals surface area contributed by atoms with Gasteiger partial charge in [-0.15, -0.1) is 0 Å². The maximum atomic E-state index is 11.2. The number of ether oxygens (including phenoxy) is 2. The minimum atomic E-state index is 0.0577. The first kappa shape index (κ1) is 26.3. The summed E-state index contributed by atoms with van der Waals surface area (Å²) in [6.45, 7) is 11.6. The van der Waals surface area contributed by atoms with E-state index in [4.69, 9.17) is 21.7 Å². The summed E-state index contributed by atoms with van der Waals surface area (Å²) in [4.78, 5) is 0. The Morgan fingerprint density at radius 3 is 2.76 bits per heavy atom. The number of hydrogen-bond acceptors (Lipinski definition) is 5. The van der Waals surface area contributed by atoms with E-state index in [1.165, 1.54) is 18.4 Å². The number of allylic oxidation sites excluding steroid dienone is 3. The number of rotatable bonds is 12. The number of unbranched alkanes of at least 4 members (excludes halogenated alkanes) is 3. The first-order valence-electron chi connectivity index (χ1n) is 12.5. The third kappa shape index (κ3) is 8.15. The van der Waals surface area contributed by atoms with Gasteiger partial charge < -0.3 is 14.6 Å². The van der Waals surface area contributed by atoms with Crippen molar-refractivity contribution in [1.29, 1.82) is 0 Å². The first-order chi connectivity index (χ1) is 15.9. The second kappa shape index (κ2) is 13.0. The van der Waals surface area contributed by atoms with Crippen LogP contribution in [0.4, 0.5) is 0 Å². The summed E-state index contributed by atoms with van der Waals surface area (Å²) in [5, 5.41) is 11.2. The lowest BCUT2D eigenvalue weighted by Gasteiger charge is -2.32. The van der Waals surface area contributed by atoms with Crippen LogP contribution in [0.3, 0.4) is 0 Å². The van der Waals surface area contributed by atoms with E-state index >= 15 is 0 Å². The number of thioether (sulfide) groups is 1. The standard InChI is InChI=1S/C28H40O3S2/c1-5-6-7-10-21-16-25(29)27(24-15-20(4)12-13-23(24)19(2)3)26(17-21)31-28(32)33-14-9-8-11-22-18-30-22/h15-17,22-24,29H,2,5-14,18H2,1,3-4H3/t22?,23-,24+/m0/s1. The molecule has 5 heteroatoms. The van der Waals surface area contributed by atoms with Crippen LogP contribution in [0.2, 0.25) is 0 Å². The Balaban J connectivity index is 1.78. The zero-order valence-corrected chi connectivity index (χ0v) is 22.2. The van der Waals surface area contributed by atoms with Crippen LogP contribution in [0, 0.1) is 5.92 Å². The molecule has 1 aromatic rings.